The lowest BCUT2D eigenvalue weighted by molar-refractivity contribution is -0.128. The number of hydrogen-bond donors (Lipinski definition) is 2. The van der Waals surface area contributed by atoms with Crippen LogP contribution < -0.4 is 15.8 Å². The van der Waals surface area contributed by atoms with E-state index >= 15 is 0 Å². The molecule has 3 N–H and O–H groups in total. The second-order valence-electron chi connectivity index (χ2n) is 3.29. The minimum Gasteiger partial charge on any atom is -0.495 e. The van der Waals surface area contributed by atoms with Crippen LogP contribution in [0.5, 0.6) is 5.75 Å². The Morgan fingerprint density at radius 3 is 2.88 bits per heavy atom. The number of aromatic nitrogens is 1. The third-order valence-electron chi connectivity index (χ3n) is 2.11. The van der Waals surface area contributed by atoms with Crippen molar-refractivity contribution >= 4 is 5.91 Å². The number of pyridine rings is 1. The number of amides is 1. The zero-order valence-electron chi connectivity index (χ0n) is 9.81. The number of ether oxygens (including phenoxy) is 2. The van der Waals surface area contributed by atoms with Crippen molar-refractivity contribution in [3.63, 3.8) is 0 Å². The van der Waals surface area contributed by atoms with Crippen molar-refractivity contribution in [3.05, 3.63) is 24.0 Å². The molecule has 0 radical (unpaired) electrons. The minimum atomic E-state index is -0.00810. The molecule has 17 heavy (non-hydrogen) atoms. The zero-order chi connectivity index (χ0) is 12.5. The number of nitrogens with two attached hydrogens (primary N) is 1. The van der Waals surface area contributed by atoms with Crippen molar-refractivity contribution < 1.29 is 14.3 Å². The second-order valence-corrected chi connectivity index (χ2v) is 3.29. The Kier molecular flexibility index (Phi) is 5.98. The fraction of sp³-hybridized carbons (Fsp3) is 0.455. The monoisotopic (exact) mass is 239 g/mol. The molecular formula is C11H17N3O3. The summed E-state index contributed by atoms with van der Waals surface area (Å²) in [5.41, 5.74) is 6.40. The molecule has 1 amide bonds. The van der Waals surface area contributed by atoms with Gasteiger partial charge >= 0.3 is 0 Å². The molecule has 0 unspecified atom stereocenters. The molecule has 94 valence electrons. The highest BCUT2D eigenvalue weighted by Gasteiger charge is 2.04. The van der Waals surface area contributed by atoms with Gasteiger partial charge in [0, 0.05) is 24.8 Å². The maximum atomic E-state index is 10.2. The van der Waals surface area contributed by atoms with Gasteiger partial charge in [-0.1, -0.05) is 0 Å². The highest BCUT2D eigenvalue weighted by Crippen LogP contribution is 2.13. The van der Waals surface area contributed by atoms with Crippen LogP contribution in [0.25, 0.3) is 0 Å². The molecule has 1 aromatic heterocycles. The Balaban J connectivity index is 0.000000181. The fourth-order valence-electron chi connectivity index (χ4n) is 1.24. The molecule has 1 aliphatic rings. The molecule has 2 heterocycles. The molecule has 0 bridgehead atoms. The minimum absolute atomic E-state index is 0.00810. The van der Waals surface area contributed by atoms with Crippen LogP contribution in [-0.2, 0) is 16.1 Å². The quantitative estimate of drug-likeness (QED) is 0.738. The molecule has 2 rings (SSSR count). The van der Waals surface area contributed by atoms with Crippen LogP contribution >= 0.6 is 0 Å². The molecule has 6 nitrogen and oxygen atoms in total. The summed E-state index contributed by atoms with van der Waals surface area (Å²) in [7, 11) is 1.61. The highest BCUT2D eigenvalue weighted by molar-refractivity contribution is 5.77. The van der Waals surface area contributed by atoms with E-state index in [0.29, 0.717) is 19.7 Å². The van der Waals surface area contributed by atoms with E-state index in [2.05, 4.69) is 10.3 Å². The van der Waals surface area contributed by atoms with Gasteiger partial charge in [0.2, 0.25) is 5.91 Å². The third-order valence-corrected chi connectivity index (χ3v) is 2.11. The Morgan fingerprint density at radius 2 is 2.47 bits per heavy atom. The first-order valence-corrected chi connectivity index (χ1v) is 5.29. The van der Waals surface area contributed by atoms with E-state index in [4.69, 9.17) is 15.2 Å². The van der Waals surface area contributed by atoms with E-state index in [1.54, 1.807) is 19.5 Å². The van der Waals surface area contributed by atoms with Crippen molar-refractivity contribution in [1.82, 2.24) is 10.3 Å². The van der Waals surface area contributed by atoms with Gasteiger partial charge in [0.15, 0.2) is 0 Å². The van der Waals surface area contributed by atoms with Crippen LogP contribution in [-0.4, -0.2) is 37.8 Å². The van der Waals surface area contributed by atoms with Gasteiger partial charge in [-0.05, 0) is 6.07 Å². The Hall–Kier alpha value is -1.66. The van der Waals surface area contributed by atoms with Crippen LogP contribution in [0, 0.1) is 0 Å². The number of nitrogens with zero attached hydrogens (tertiary/aromatic N) is 1. The molecule has 0 saturated carbocycles. The molecule has 0 aliphatic carbocycles. The number of carbonyl (C=O) groups is 1. The van der Waals surface area contributed by atoms with Crippen LogP contribution in [0.2, 0.25) is 0 Å². The van der Waals surface area contributed by atoms with Crippen LogP contribution in [0.4, 0.5) is 0 Å². The maximum Gasteiger partial charge on any atom is 0.246 e. The van der Waals surface area contributed by atoms with Gasteiger partial charge in [-0.25, -0.2) is 0 Å². The van der Waals surface area contributed by atoms with Crippen LogP contribution in [0.1, 0.15) is 5.56 Å². The molecule has 1 fully saturated rings. The molecule has 1 aliphatic heterocycles. The van der Waals surface area contributed by atoms with E-state index in [0.717, 1.165) is 11.3 Å². The maximum absolute atomic E-state index is 10.2. The first-order chi connectivity index (χ1) is 8.27. The molecule has 0 aromatic carbocycles. The first-order valence-electron chi connectivity index (χ1n) is 5.29. The molecule has 0 spiro atoms. The number of morpholine rings is 1. The van der Waals surface area contributed by atoms with E-state index in [1.807, 2.05) is 6.07 Å². The molecule has 6 heteroatoms. The highest BCUT2D eigenvalue weighted by atomic mass is 16.5. The summed E-state index contributed by atoms with van der Waals surface area (Å²) >= 11 is 0. The summed E-state index contributed by atoms with van der Waals surface area (Å²) in [5, 5.41) is 2.62. The van der Waals surface area contributed by atoms with Crippen molar-refractivity contribution in [2.75, 3.05) is 26.9 Å². The molecular weight excluding hydrogens is 222 g/mol. The number of carbonyl (C=O) groups excluding carboxylic acids is 1. The van der Waals surface area contributed by atoms with E-state index in [1.165, 1.54) is 0 Å². The summed E-state index contributed by atoms with van der Waals surface area (Å²) in [5.74, 6) is 0.747. The SMILES string of the molecule is COc1cnccc1CN.O=C1COCCN1. The second kappa shape index (κ2) is 7.59. The van der Waals surface area contributed by atoms with E-state index < -0.39 is 0 Å². The summed E-state index contributed by atoms with van der Waals surface area (Å²) < 4.78 is 9.76. The van der Waals surface area contributed by atoms with Gasteiger partial charge in [0.25, 0.3) is 0 Å². The predicted octanol–water partition coefficient (Wildman–Crippen LogP) is -0.318. The fourth-order valence-corrected chi connectivity index (χ4v) is 1.24. The van der Waals surface area contributed by atoms with Gasteiger partial charge in [-0.2, -0.15) is 0 Å². The van der Waals surface area contributed by atoms with Gasteiger partial charge < -0.3 is 20.5 Å². The largest absolute Gasteiger partial charge is 0.495 e. The smallest absolute Gasteiger partial charge is 0.246 e. The van der Waals surface area contributed by atoms with Gasteiger partial charge in [0.1, 0.15) is 12.4 Å². The predicted molar refractivity (Wildman–Crippen MR) is 62.5 cm³/mol. The first kappa shape index (κ1) is 13.4. The van der Waals surface area contributed by atoms with Gasteiger partial charge in [0.05, 0.1) is 19.9 Å². The zero-order valence-corrected chi connectivity index (χ0v) is 9.81. The van der Waals surface area contributed by atoms with E-state index in [9.17, 15) is 4.79 Å². The number of nitrogens with one attached hydrogen (secondary N) is 1. The average molecular weight is 239 g/mol. The normalized spacial score (nSPS) is 14.4. The van der Waals surface area contributed by atoms with Gasteiger partial charge in [-0.3, -0.25) is 9.78 Å². The standard InChI is InChI=1S/C7H10N2O.C4H7NO2/c1-10-7-5-9-3-2-6(7)4-8;6-4-3-7-2-1-5-4/h2-3,5H,4,8H2,1H3;1-3H2,(H,5,6). The number of methoxy groups -OCH3 is 1. The lowest BCUT2D eigenvalue weighted by atomic mass is 10.2. The lowest BCUT2D eigenvalue weighted by Crippen LogP contribution is -2.36. The van der Waals surface area contributed by atoms with Crippen molar-refractivity contribution in [2.45, 2.75) is 6.54 Å². The number of rotatable bonds is 2. The summed E-state index contributed by atoms with van der Waals surface area (Å²) in [6.07, 6.45) is 3.35. The average Bonchev–Trinajstić information content (AvgIpc) is 2.40. The van der Waals surface area contributed by atoms with Crippen LogP contribution in [0.3, 0.4) is 0 Å². The lowest BCUT2D eigenvalue weighted by Gasteiger charge is -2.10. The van der Waals surface area contributed by atoms with Crippen molar-refractivity contribution in [3.8, 4) is 5.75 Å². The van der Waals surface area contributed by atoms with Crippen molar-refractivity contribution in [2.24, 2.45) is 5.73 Å². The molecule has 0 atom stereocenters. The number of hydrogen-bond acceptors (Lipinski definition) is 5. The van der Waals surface area contributed by atoms with Gasteiger partial charge in [-0.15, -0.1) is 0 Å². The topological polar surface area (TPSA) is 86.5 Å². The summed E-state index contributed by atoms with van der Waals surface area (Å²) in [6, 6.07) is 1.85. The molecule has 1 saturated heterocycles. The molecule has 1 aromatic rings. The summed E-state index contributed by atoms with van der Waals surface area (Å²) in [4.78, 5) is 14.1. The third kappa shape index (κ3) is 4.80. The Labute approximate surface area is 100 Å². The van der Waals surface area contributed by atoms with E-state index in [-0.39, 0.29) is 12.5 Å². The Bertz CT molecular complexity index is 327. The van der Waals surface area contributed by atoms with Crippen LogP contribution in [0.15, 0.2) is 18.5 Å². The Morgan fingerprint density at radius 1 is 1.65 bits per heavy atom. The van der Waals surface area contributed by atoms with Crippen molar-refractivity contribution in [1.29, 1.82) is 0 Å². The summed E-state index contributed by atoms with van der Waals surface area (Å²) in [6.45, 7) is 2.05.